The molecule has 0 aromatic heterocycles. The van der Waals surface area contributed by atoms with Crippen LogP contribution < -0.4 is 14.8 Å². The highest BCUT2D eigenvalue weighted by atomic mass is 16.5. The number of anilines is 1. The van der Waals surface area contributed by atoms with Crippen LogP contribution in [0.2, 0.25) is 0 Å². The van der Waals surface area contributed by atoms with Gasteiger partial charge in [0.05, 0.1) is 20.3 Å². The number of hydrogen-bond donors (Lipinski definition) is 2. The van der Waals surface area contributed by atoms with Crippen molar-refractivity contribution < 1.29 is 14.6 Å². The Hall–Kier alpha value is -2.20. The van der Waals surface area contributed by atoms with Crippen LogP contribution in [0.15, 0.2) is 42.5 Å². The van der Waals surface area contributed by atoms with Crippen molar-refractivity contribution in [3.63, 3.8) is 0 Å². The molecule has 0 saturated heterocycles. The van der Waals surface area contributed by atoms with Crippen molar-refractivity contribution >= 4 is 5.69 Å². The van der Waals surface area contributed by atoms with Crippen molar-refractivity contribution in [1.29, 1.82) is 0 Å². The summed E-state index contributed by atoms with van der Waals surface area (Å²) in [5, 5.41) is 12.4. The molecule has 0 heterocycles. The first-order chi connectivity index (χ1) is 10.3. The lowest BCUT2D eigenvalue weighted by atomic mass is 10.1. The fourth-order valence-corrected chi connectivity index (χ4v) is 2.13. The average Bonchev–Trinajstić information content (AvgIpc) is 2.54. The van der Waals surface area contributed by atoms with Gasteiger partial charge in [0.1, 0.15) is 0 Å². The number of rotatable bonds is 7. The first kappa shape index (κ1) is 15.2. The highest BCUT2D eigenvalue weighted by molar-refractivity contribution is 5.50. The molecule has 2 N–H and O–H groups in total. The van der Waals surface area contributed by atoms with Crippen molar-refractivity contribution in [3.05, 3.63) is 53.6 Å². The van der Waals surface area contributed by atoms with E-state index in [2.05, 4.69) is 5.32 Å². The predicted molar refractivity (Wildman–Crippen MR) is 83.9 cm³/mol. The van der Waals surface area contributed by atoms with Gasteiger partial charge in [-0.2, -0.15) is 0 Å². The predicted octanol–water partition coefficient (Wildman–Crippen LogP) is 3.20. The second-order valence-corrected chi connectivity index (χ2v) is 4.59. The van der Waals surface area contributed by atoms with Crippen molar-refractivity contribution in [3.8, 4) is 11.5 Å². The molecule has 0 aliphatic carbocycles. The van der Waals surface area contributed by atoms with Crippen LogP contribution in [0.1, 0.15) is 18.1 Å². The molecule has 2 rings (SSSR count). The van der Waals surface area contributed by atoms with Crippen molar-refractivity contribution in [2.24, 2.45) is 0 Å². The Morgan fingerprint density at radius 1 is 1.10 bits per heavy atom. The summed E-state index contributed by atoms with van der Waals surface area (Å²) in [6.07, 6.45) is 0. The lowest BCUT2D eigenvalue weighted by Crippen LogP contribution is -2.04. The zero-order valence-corrected chi connectivity index (χ0v) is 12.4. The van der Waals surface area contributed by atoms with Gasteiger partial charge < -0.3 is 19.9 Å². The van der Waals surface area contributed by atoms with Gasteiger partial charge in [0.15, 0.2) is 11.5 Å². The van der Waals surface area contributed by atoms with Crippen LogP contribution in [-0.4, -0.2) is 18.8 Å². The van der Waals surface area contributed by atoms with E-state index in [4.69, 9.17) is 14.6 Å². The summed E-state index contributed by atoms with van der Waals surface area (Å²) in [5.41, 5.74) is 2.93. The summed E-state index contributed by atoms with van der Waals surface area (Å²) in [7, 11) is 1.65. The number of nitrogens with one attached hydrogen (secondary N) is 1. The molecular formula is C17H21NO3. The number of methoxy groups -OCH3 is 1. The molecule has 21 heavy (non-hydrogen) atoms. The van der Waals surface area contributed by atoms with Crippen molar-refractivity contribution in [2.45, 2.75) is 20.1 Å². The molecule has 0 amide bonds. The minimum atomic E-state index is 0.0600. The fourth-order valence-electron chi connectivity index (χ4n) is 2.13. The van der Waals surface area contributed by atoms with Gasteiger partial charge in [0, 0.05) is 17.8 Å². The molecule has 0 spiro atoms. The lowest BCUT2D eigenvalue weighted by molar-refractivity contribution is 0.282. The summed E-state index contributed by atoms with van der Waals surface area (Å²) in [6.45, 7) is 3.26. The van der Waals surface area contributed by atoms with Gasteiger partial charge in [-0.15, -0.1) is 0 Å². The van der Waals surface area contributed by atoms with Crippen molar-refractivity contribution in [1.82, 2.24) is 0 Å². The molecule has 0 unspecified atom stereocenters. The Morgan fingerprint density at radius 3 is 2.48 bits per heavy atom. The highest BCUT2D eigenvalue weighted by Gasteiger charge is 2.09. The van der Waals surface area contributed by atoms with Crippen LogP contribution in [0.4, 0.5) is 5.69 Å². The van der Waals surface area contributed by atoms with E-state index in [-0.39, 0.29) is 6.61 Å². The molecule has 0 saturated carbocycles. The Morgan fingerprint density at radius 2 is 1.86 bits per heavy atom. The molecular weight excluding hydrogens is 266 g/mol. The van der Waals surface area contributed by atoms with E-state index >= 15 is 0 Å². The van der Waals surface area contributed by atoms with Crippen LogP contribution in [0, 0.1) is 0 Å². The molecule has 112 valence electrons. The summed E-state index contributed by atoms with van der Waals surface area (Å²) >= 11 is 0. The average molecular weight is 287 g/mol. The van der Waals surface area contributed by atoms with Gasteiger partial charge in [-0.1, -0.05) is 24.3 Å². The molecule has 4 nitrogen and oxygen atoms in total. The summed E-state index contributed by atoms with van der Waals surface area (Å²) < 4.78 is 11.0. The first-order valence-electron chi connectivity index (χ1n) is 7.00. The van der Waals surface area contributed by atoms with E-state index < -0.39 is 0 Å². The molecule has 0 radical (unpaired) electrons. The minimum absolute atomic E-state index is 0.0600. The largest absolute Gasteiger partial charge is 0.493 e. The van der Waals surface area contributed by atoms with Gasteiger partial charge in [0.2, 0.25) is 0 Å². The maximum Gasteiger partial charge on any atom is 0.165 e. The van der Waals surface area contributed by atoms with E-state index in [0.717, 1.165) is 28.3 Å². The number of aliphatic hydroxyl groups is 1. The molecule has 0 aliphatic heterocycles. The summed E-state index contributed by atoms with van der Waals surface area (Å²) in [4.78, 5) is 0. The molecule has 4 heteroatoms. The van der Waals surface area contributed by atoms with Crippen LogP contribution in [0.5, 0.6) is 11.5 Å². The van der Waals surface area contributed by atoms with E-state index in [1.807, 2.05) is 49.4 Å². The normalized spacial score (nSPS) is 10.2. The van der Waals surface area contributed by atoms with Crippen LogP contribution in [0.25, 0.3) is 0 Å². The Balaban J connectivity index is 2.09. The van der Waals surface area contributed by atoms with E-state index in [1.165, 1.54) is 0 Å². The van der Waals surface area contributed by atoms with Gasteiger partial charge in [-0.3, -0.25) is 0 Å². The topological polar surface area (TPSA) is 50.7 Å². The van der Waals surface area contributed by atoms with E-state index in [9.17, 15) is 0 Å². The maximum absolute atomic E-state index is 9.03. The molecule has 0 atom stereocenters. The fraction of sp³-hybridized carbons (Fsp3) is 0.294. The molecule has 0 aliphatic rings. The minimum Gasteiger partial charge on any atom is -0.493 e. The Bertz CT molecular complexity index is 567. The Kier molecular flexibility index (Phi) is 5.46. The molecule has 0 fully saturated rings. The SMILES string of the molecule is CCOc1cccc(CNc2ccc(CO)cc2)c1OC. The third kappa shape index (κ3) is 3.89. The zero-order valence-electron chi connectivity index (χ0n) is 12.4. The van der Waals surface area contributed by atoms with Crippen LogP contribution >= 0.6 is 0 Å². The Labute approximate surface area is 125 Å². The standard InChI is InChI=1S/C17H21NO3/c1-3-21-16-6-4-5-14(17(16)20-2)11-18-15-9-7-13(12-19)8-10-15/h4-10,18-19H,3,11-12H2,1-2H3. The number of hydrogen-bond acceptors (Lipinski definition) is 4. The summed E-state index contributed by atoms with van der Waals surface area (Å²) in [5.74, 6) is 1.52. The smallest absolute Gasteiger partial charge is 0.165 e. The zero-order chi connectivity index (χ0) is 15.1. The first-order valence-corrected chi connectivity index (χ1v) is 7.00. The molecule has 2 aromatic carbocycles. The third-order valence-electron chi connectivity index (χ3n) is 3.18. The highest BCUT2D eigenvalue weighted by Crippen LogP contribution is 2.31. The van der Waals surface area contributed by atoms with Gasteiger partial charge >= 0.3 is 0 Å². The number of para-hydroxylation sites is 1. The number of ether oxygens (including phenoxy) is 2. The van der Waals surface area contributed by atoms with Crippen molar-refractivity contribution in [2.75, 3.05) is 19.0 Å². The lowest BCUT2D eigenvalue weighted by Gasteiger charge is -2.14. The summed E-state index contributed by atoms with van der Waals surface area (Å²) in [6, 6.07) is 13.6. The van der Waals surface area contributed by atoms with Gasteiger partial charge in [-0.05, 0) is 30.7 Å². The van der Waals surface area contributed by atoms with Crippen LogP contribution in [-0.2, 0) is 13.2 Å². The second-order valence-electron chi connectivity index (χ2n) is 4.59. The second kappa shape index (κ2) is 7.55. The van der Waals surface area contributed by atoms with E-state index in [0.29, 0.717) is 13.2 Å². The maximum atomic E-state index is 9.03. The third-order valence-corrected chi connectivity index (χ3v) is 3.18. The van der Waals surface area contributed by atoms with Gasteiger partial charge in [-0.25, -0.2) is 0 Å². The molecule has 2 aromatic rings. The van der Waals surface area contributed by atoms with Gasteiger partial charge in [0.25, 0.3) is 0 Å². The van der Waals surface area contributed by atoms with Crippen LogP contribution in [0.3, 0.4) is 0 Å². The number of aliphatic hydroxyl groups excluding tert-OH is 1. The van der Waals surface area contributed by atoms with E-state index in [1.54, 1.807) is 7.11 Å². The molecule has 0 bridgehead atoms. The number of benzene rings is 2. The quantitative estimate of drug-likeness (QED) is 0.821. The monoisotopic (exact) mass is 287 g/mol.